The number of hydrogen-bond acceptors (Lipinski definition) is 6. The Labute approximate surface area is 237 Å². The van der Waals surface area contributed by atoms with Crippen LogP contribution in [0.2, 0.25) is 0 Å². The first kappa shape index (κ1) is 31.2. The molecule has 2 atom stereocenters. The quantitative estimate of drug-likeness (QED) is 0.123. The van der Waals surface area contributed by atoms with Crippen molar-refractivity contribution in [3.05, 3.63) is 108 Å². The second-order valence-electron chi connectivity index (χ2n) is 11.3. The van der Waals surface area contributed by atoms with Crippen molar-refractivity contribution in [1.29, 1.82) is 0 Å². The highest BCUT2D eigenvalue weighted by molar-refractivity contribution is 7.59. The predicted molar refractivity (Wildman–Crippen MR) is 155 cm³/mol. The van der Waals surface area contributed by atoms with Crippen LogP contribution in [0.15, 0.2) is 91.0 Å². The molecular weight excluding hydrogens is 527 g/mol. The highest BCUT2D eigenvalue weighted by Gasteiger charge is 2.52. The van der Waals surface area contributed by atoms with Crippen molar-refractivity contribution in [1.82, 2.24) is 10.1 Å². The third kappa shape index (κ3) is 8.35. The molecule has 0 saturated carbocycles. The van der Waals surface area contributed by atoms with E-state index < -0.39 is 30.1 Å². The van der Waals surface area contributed by atoms with Gasteiger partial charge < -0.3 is 4.52 Å². The zero-order valence-electron chi connectivity index (χ0n) is 24.0. The van der Waals surface area contributed by atoms with Gasteiger partial charge in [0, 0.05) is 0 Å². The van der Waals surface area contributed by atoms with E-state index in [0.29, 0.717) is 23.9 Å². The highest BCUT2D eigenvalue weighted by atomic mass is 31.2. The Bertz CT molecular complexity index is 1180. The van der Waals surface area contributed by atoms with Crippen molar-refractivity contribution < 1.29 is 28.4 Å². The topological polar surface area (TPSA) is 85.4 Å². The molecule has 0 heterocycles. The van der Waals surface area contributed by atoms with E-state index >= 15 is 4.57 Å². The molecule has 0 bridgehead atoms. The minimum Gasteiger partial charge on any atom is -0.320 e. The maximum atomic E-state index is 15.8. The highest BCUT2D eigenvalue weighted by Crippen LogP contribution is 2.71. The maximum absolute atomic E-state index is 15.8. The molecule has 9 heteroatoms. The summed E-state index contributed by atoms with van der Waals surface area (Å²) in [5, 5.41) is 2.08. The normalized spacial score (nSPS) is 14.9. The summed E-state index contributed by atoms with van der Waals surface area (Å²) in [5.74, 6) is -2.46. The van der Waals surface area contributed by atoms with Crippen LogP contribution in [0.25, 0.3) is 0 Å². The first-order chi connectivity index (χ1) is 18.9. The summed E-state index contributed by atoms with van der Waals surface area (Å²) in [6, 6.07) is 27.1. The van der Waals surface area contributed by atoms with Crippen LogP contribution in [0.4, 0.5) is 0 Å². The van der Waals surface area contributed by atoms with Gasteiger partial charge in [-0.05, 0) is 58.2 Å². The first-order valence-corrected chi connectivity index (χ1v) is 14.9. The Kier molecular flexibility index (Phi) is 10.4. The van der Waals surface area contributed by atoms with E-state index in [1.807, 2.05) is 42.5 Å². The van der Waals surface area contributed by atoms with Gasteiger partial charge in [-0.2, -0.15) is 0 Å². The van der Waals surface area contributed by atoms with Gasteiger partial charge in [0.05, 0.1) is 17.8 Å². The molecule has 0 spiro atoms. The Morgan fingerprint density at radius 1 is 0.650 bits per heavy atom. The molecule has 0 aliphatic rings. The lowest BCUT2D eigenvalue weighted by atomic mass is 10.2. The monoisotopic (exact) mass is 566 g/mol. The van der Waals surface area contributed by atoms with Crippen LogP contribution >= 0.6 is 7.37 Å². The van der Waals surface area contributed by atoms with Gasteiger partial charge in [0.2, 0.25) is 12.8 Å². The van der Waals surface area contributed by atoms with Gasteiger partial charge in [-0.15, -0.1) is 0 Å². The Morgan fingerprint density at radius 3 is 1.32 bits per heavy atom. The van der Waals surface area contributed by atoms with Crippen LogP contribution in [-0.4, -0.2) is 34.1 Å². The third-order valence-corrected chi connectivity index (χ3v) is 8.55. The Balaban J connectivity index is 2.33. The molecule has 214 valence electrons. The van der Waals surface area contributed by atoms with Crippen LogP contribution in [0, 0.1) is 0 Å². The van der Waals surface area contributed by atoms with Crippen LogP contribution in [0.3, 0.4) is 0 Å². The minimum atomic E-state index is -4.23. The zero-order chi connectivity index (χ0) is 29.4. The molecule has 0 radical (unpaired) electrons. The van der Waals surface area contributed by atoms with Gasteiger partial charge in [0.15, 0.2) is 11.6 Å². The molecule has 3 rings (SSSR count). The lowest BCUT2D eigenvalue weighted by Crippen LogP contribution is -2.40. The molecule has 2 unspecified atom stereocenters. The van der Waals surface area contributed by atoms with E-state index in [-0.39, 0.29) is 6.61 Å². The number of carbonyl (C=O) groups excluding carboxylic acids is 2. The number of amides is 2. The van der Waals surface area contributed by atoms with Crippen LogP contribution < -0.4 is 0 Å². The summed E-state index contributed by atoms with van der Waals surface area (Å²) < 4.78 is 22.2. The maximum Gasteiger partial charge on any atom is 0.261 e. The van der Waals surface area contributed by atoms with Crippen molar-refractivity contribution in [2.45, 2.75) is 70.9 Å². The van der Waals surface area contributed by atoms with Crippen molar-refractivity contribution in [2.75, 3.05) is 0 Å². The fraction of sp³-hybridized carbons (Fsp3) is 0.355. The molecule has 0 aliphatic carbocycles. The van der Waals surface area contributed by atoms with E-state index in [0.717, 1.165) is 15.7 Å². The number of rotatable bonds is 13. The SMILES string of the molecule is CC(C)(C)ON(C=O)C(c1ccccc1)P(=O)(OCc1ccccc1)C(c1ccccc1)N(C=O)OC(C)(C)C. The van der Waals surface area contributed by atoms with Crippen molar-refractivity contribution in [3.63, 3.8) is 0 Å². The Hall–Kier alpha value is -3.29. The Morgan fingerprint density at radius 2 is 1.00 bits per heavy atom. The number of nitrogens with zero attached hydrogens (tertiary/aromatic N) is 2. The van der Waals surface area contributed by atoms with E-state index in [1.165, 1.54) is 0 Å². The molecule has 0 aromatic heterocycles. The van der Waals surface area contributed by atoms with Gasteiger partial charge in [-0.1, -0.05) is 91.0 Å². The molecule has 0 saturated heterocycles. The van der Waals surface area contributed by atoms with Gasteiger partial charge >= 0.3 is 0 Å². The summed E-state index contributed by atoms with van der Waals surface area (Å²) in [7, 11) is -4.23. The smallest absolute Gasteiger partial charge is 0.261 e. The average molecular weight is 567 g/mol. The molecule has 8 nitrogen and oxygen atoms in total. The second-order valence-corrected chi connectivity index (χ2v) is 13.8. The minimum absolute atomic E-state index is 0.0464. The fourth-order valence-corrected chi connectivity index (χ4v) is 7.11. The molecule has 3 aromatic rings. The summed E-state index contributed by atoms with van der Waals surface area (Å²) in [6.45, 7) is 10.7. The zero-order valence-corrected chi connectivity index (χ0v) is 24.9. The van der Waals surface area contributed by atoms with Crippen LogP contribution in [0.1, 0.15) is 69.8 Å². The molecule has 2 amide bonds. The van der Waals surface area contributed by atoms with E-state index in [4.69, 9.17) is 14.2 Å². The third-order valence-electron chi connectivity index (χ3n) is 5.60. The van der Waals surface area contributed by atoms with Gasteiger partial charge in [-0.3, -0.25) is 23.8 Å². The van der Waals surface area contributed by atoms with Gasteiger partial charge in [0.1, 0.15) is 0 Å². The summed E-state index contributed by atoms with van der Waals surface area (Å²) in [4.78, 5) is 37.4. The molecule has 0 N–H and O–H groups in total. The lowest BCUT2D eigenvalue weighted by molar-refractivity contribution is -0.231. The first-order valence-electron chi connectivity index (χ1n) is 13.1. The average Bonchev–Trinajstić information content (AvgIpc) is 2.91. The lowest BCUT2D eigenvalue weighted by Gasteiger charge is -2.43. The summed E-state index contributed by atoms with van der Waals surface area (Å²) >= 11 is 0. The molecule has 0 aliphatic heterocycles. The molecule has 3 aromatic carbocycles. The molecule has 0 fully saturated rings. The predicted octanol–water partition coefficient (Wildman–Crippen LogP) is 7.26. The standard InChI is InChI=1S/C31H39N2O6P/c1-30(2,3)38-32(23-34)28(26-18-12-8-13-19-26)40(36,37-22-25-16-10-7-11-17-25)29(27-20-14-9-15-21-27)33(24-35)39-31(4,5)6/h7-21,23-24,28-29H,22H2,1-6H3. The number of carbonyl (C=O) groups is 2. The van der Waals surface area contributed by atoms with Gasteiger partial charge in [0.25, 0.3) is 7.37 Å². The summed E-state index contributed by atoms with van der Waals surface area (Å²) in [5.41, 5.74) is 0.167. The largest absolute Gasteiger partial charge is 0.320 e. The number of benzene rings is 3. The van der Waals surface area contributed by atoms with Gasteiger partial charge in [-0.25, -0.2) is 10.1 Å². The van der Waals surface area contributed by atoms with Crippen molar-refractivity contribution >= 4 is 20.2 Å². The second kappa shape index (κ2) is 13.4. The summed E-state index contributed by atoms with van der Waals surface area (Å²) in [6.07, 6.45) is 0.999. The number of hydroxylamine groups is 4. The van der Waals surface area contributed by atoms with Crippen molar-refractivity contribution in [3.8, 4) is 0 Å². The van der Waals surface area contributed by atoms with E-state index in [1.54, 1.807) is 90.1 Å². The fourth-order valence-electron chi connectivity index (χ4n) is 4.19. The van der Waals surface area contributed by atoms with Crippen LogP contribution in [-0.2, 0) is 35.0 Å². The number of hydrogen-bond donors (Lipinski definition) is 0. The molecular formula is C31H39N2O6P. The van der Waals surface area contributed by atoms with E-state index in [9.17, 15) is 9.59 Å². The van der Waals surface area contributed by atoms with Crippen LogP contribution in [0.5, 0.6) is 0 Å². The molecule has 40 heavy (non-hydrogen) atoms. The van der Waals surface area contributed by atoms with Crippen molar-refractivity contribution in [2.24, 2.45) is 0 Å². The van der Waals surface area contributed by atoms with E-state index in [2.05, 4.69) is 0 Å².